The number of pyridine rings is 1. The third-order valence-corrected chi connectivity index (χ3v) is 3.50. The van der Waals surface area contributed by atoms with E-state index in [0.29, 0.717) is 16.4 Å². The summed E-state index contributed by atoms with van der Waals surface area (Å²) >= 11 is 1.06. The van der Waals surface area contributed by atoms with E-state index in [4.69, 9.17) is 0 Å². The van der Waals surface area contributed by atoms with Crippen LogP contribution in [0.4, 0.5) is 5.82 Å². The third-order valence-electron chi connectivity index (χ3n) is 2.67. The number of hydrogen-bond donors (Lipinski definition) is 2. The molecule has 0 unspecified atom stereocenters. The van der Waals surface area contributed by atoms with Gasteiger partial charge in [0.2, 0.25) is 0 Å². The lowest BCUT2D eigenvalue weighted by molar-refractivity contribution is 0.102. The molecule has 0 saturated carbocycles. The van der Waals surface area contributed by atoms with Gasteiger partial charge in [0.1, 0.15) is 4.88 Å². The highest BCUT2D eigenvalue weighted by molar-refractivity contribution is 7.08. The van der Waals surface area contributed by atoms with E-state index >= 15 is 0 Å². The Morgan fingerprint density at radius 1 is 1.35 bits per heavy atom. The van der Waals surface area contributed by atoms with Crippen molar-refractivity contribution in [2.24, 2.45) is 0 Å². The first-order valence-corrected chi connectivity index (χ1v) is 6.57. The molecular formula is C12H10N6OS. The van der Waals surface area contributed by atoms with Crippen molar-refractivity contribution in [3.63, 3.8) is 0 Å². The molecule has 0 saturated heterocycles. The summed E-state index contributed by atoms with van der Waals surface area (Å²) in [6, 6.07) is 5.48. The number of nitrogens with one attached hydrogen (secondary N) is 2. The summed E-state index contributed by atoms with van der Waals surface area (Å²) < 4.78 is 3.73. The zero-order valence-electron chi connectivity index (χ0n) is 10.5. The largest absolute Gasteiger partial charge is 0.304 e. The van der Waals surface area contributed by atoms with Gasteiger partial charge in [0.15, 0.2) is 5.82 Å². The van der Waals surface area contributed by atoms with Crippen LogP contribution in [-0.4, -0.2) is 30.7 Å². The van der Waals surface area contributed by atoms with Gasteiger partial charge < -0.3 is 5.32 Å². The highest BCUT2D eigenvalue weighted by atomic mass is 32.1. The van der Waals surface area contributed by atoms with Crippen LogP contribution < -0.4 is 5.32 Å². The maximum atomic E-state index is 12.0. The first kappa shape index (κ1) is 12.4. The molecule has 1 amide bonds. The molecule has 3 heterocycles. The van der Waals surface area contributed by atoms with Gasteiger partial charge in [-0.3, -0.25) is 14.9 Å². The lowest BCUT2D eigenvalue weighted by atomic mass is 10.2. The van der Waals surface area contributed by atoms with Gasteiger partial charge in [-0.25, -0.2) is 0 Å². The Hall–Kier alpha value is -2.61. The minimum Gasteiger partial charge on any atom is -0.304 e. The van der Waals surface area contributed by atoms with Gasteiger partial charge in [-0.05, 0) is 30.6 Å². The fourth-order valence-electron chi connectivity index (χ4n) is 1.68. The van der Waals surface area contributed by atoms with Crippen molar-refractivity contribution in [2.45, 2.75) is 6.92 Å². The van der Waals surface area contributed by atoms with Crippen molar-refractivity contribution in [2.75, 3.05) is 5.32 Å². The Balaban J connectivity index is 1.78. The van der Waals surface area contributed by atoms with E-state index in [1.165, 1.54) is 0 Å². The van der Waals surface area contributed by atoms with Crippen LogP contribution in [0.5, 0.6) is 0 Å². The maximum Gasteiger partial charge on any atom is 0.270 e. The number of hydrogen-bond acceptors (Lipinski definition) is 6. The fraction of sp³-hybridized carbons (Fsp3) is 0.0833. The predicted molar refractivity (Wildman–Crippen MR) is 74.4 cm³/mol. The van der Waals surface area contributed by atoms with Gasteiger partial charge in [0, 0.05) is 24.0 Å². The molecule has 20 heavy (non-hydrogen) atoms. The summed E-state index contributed by atoms with van der Waals surface area (Å²) in [4.78, 5) is 16.4. The second-order valence-electron chi connectivity index (χ2n) is 4.04. The van der Waals surface area contributed by atoms with Gasteiger partial charge in [-0.1, -0.05) is 4.49 Å². The average molecular weight is 286 g/mol. The number of H-pyrrole nitrogens is 1. The van der Waals surface area contributed by atoms with Crippen molar-refractivity contribution in [1.29, 1.82) is 0 Å². The van der Waals surface area contributed by atoms with Gasteiger partial charge in [-0.2, -0.15) is 5.10 Å². The molecule has 3 rings (SSSR count). The standard InChI is InChI=1S/C12H10N6OS/c1-7-11(20-18-15-7)12(19)14-10-6-9(16-17-10)8-2-4-13-5-3-8/h2-6H,1H3,(H2,14,16,17,19). The monoisotopic (exact) mass is 286 g/mol. The van der Waals surface area contributed by atoms with Crippen molar-refractivity contribution in [3.8, 4) is 11.3 Å². The molecule has 0 radical (unpaired) electrons. The van der Waals surface area contributed by atoms with Crippen LogP contribution in [0.2, 0.25) is 0 Å². The van der Waals surface area contributed by atoms with E-state index in [1.807, 2.05) is 12.1 Å². The van der Waals surface area contributed by atoms with Crippen LogP contribution in [0.3, 0.4) is 0 Å². The van der Waals surface area contributed by atoms with Gasteiger partial charge in [0.25, 0.3) is 5.91 Å². The number of aromatic nitrogens is 5. The number of anilines is 1. The summed E-state index contributed by atoms with van der Waals surface area (Å²) in [5, 5.41) is 13.4. The lowest BCUT2D eigenvalue weighted by Crippen LogP contribution is -2.11. The molecule has 0 aliphatic rings. The molecule has 2 N–H and O–H groups in total. The summed E-state index contributed by atoms with van der Waals surface area (Å²) in [5.41, 5.74) is 2.36. The quantitative estimate of drug-likeness (QED) is 0.766. The van der Waals surface area contributed by atoms with Crippen LogP contribution in [0.25, 0.3) is 11.3 Å². The Kier molecular flexibility index (Phi) is 3.21. The normalized spacial score (nSPS) is 10.4. The zero-order chi connectivity index (χ0) is 13.9. The van der Waals surface area contributed by atoms with E-state index in [2.05, 4.69) is 30.1 Å². The van der Waals surface area contributed by atoms with E-state index in [-0.39, 0.29) is 5.91 Å². The Bertz CT molecular complexity index is 735. The molecule has 0 fully saturated rings. The highest BCUT2D eigenvalue weighted by Gasteiger charge is 2.14. The summed E-state index contributed by atoms with van der Waals surface area (Å²) in [6.07, 6.45) is 3.39. The van der Waals surface area contributed by atoms with Crippen molar-refractivity contribution >= 4 is 23.3 Å². The number of aryl methyl sites for hydroxylation is 1. The minimum absolute atomic E-state index is 0.259. The van der Waals surface area contributed by atoms with Crippen molar-refractivity contribution in [3.05, 3.63) is 41.2 Å². The summed E-state index contributed by atoms with van der Waals surface area (Å²) in [7, 11) is 0. The second-order valence-corrected chi connectivity index (χ2v) is 4.80. The Labute approximate surface area is 118 Å². The van der Waals surface area contributed by atoms with Gasteiger partial charge in [0.05, 0.1) is 11.4 Å². The molecule has 3 aromatic heterocycles. The maximum absolute atomic E-state index is 12.0. The van der Waals surface area contributed by atoms with Crippen molar-refractivity contribution in [1.82, 2.24) is 24.8 Å². The molecule has 0 spiro atoms. The van der Waals surface area contributed by atoms with Crippen molar-refractivity contribution < 1.29 is 4.79 Å². The smallest absolute Gasteiger partial charge is 0.270 e. The van der Waals surface area contributed by atoms with E-state index < -0.39 is 0 Å². The molecule has 0 aliphatic carbocycles. The molecule has 3 aromatic rings. The van der Waals surface area contributed by atoms with Gasteiger partial charge in [-0.15, -0.1) is 5.10 Å². The number of aromatic amines is 1. The van der Waals surface area contributed by atoms with Crippen LogP contribution in [0.15, 0.2) is 30.6 Å². The molecule has 7 nitrogen and oxygen atoms in total. The van der Waals surface area contributed by atoms with Crippen LogP contribution in [-0.2, 0) is 0 Å². The fourth-order valence-corrected chi connectivity index (χ4v) is 2.23. The van der Waals surface area contributed by atoms with Gasteiger partial charge >= 0.3 is 0 Å². The highest BCUT2D eigenvalue weighted by Crippen LogP contribution is 2.19. The average Bonchev–Trinajstić information content (AvgIpc) is 3.09. The Morgan fingerprint density at radius 2 is 2.15 bits per heavy atom. The third kappa shape index (κ3) is 2.41. The first-order chi connectivity index (χ1) is 9.74. The number of carbonyl (C=O) groups excluding carboxylic acids is 1. The number of nitrogens with zero attached hydrogens (tertiary/aromatic N) is 4. The van der Waals surface area contributed by atoms with E-state index in [9.17, 15) is 4.79 Å². The van der Waals surface area contributed by atoms with Crippen LogP contribution in [0, 0.1) is 6.92 Å². The molecule has 0 aromatic carbocycles. The Morgan fingerprint density at radius 3 is 2.85 bits per heavy atom. The molecule has 0 atom stereocenters. The lowest BCUT2D eigenvalue weighted by Gasteiger charge is -1.98. The van der Waals surface area contributed by atoms with E-state index in [0.717, 1.165) is 22.8 Å². The predicted octanol–water partition coefficient (Wildman–Crippen LogP) is 1.88. The topological polar surface area (TPSA) is 96.5 Å². The minimum atomic E-state index is -0.259. The summed E-state index contributed by atoms with van der Waals surface area (Å²) in [5.74, 6) is 0.194. The molecular weight excluding hydrogens is 276 g/mol. The number of amides is 1. The zero-order valence-corrected chi connectivity index (χ0v) is 11.3. The molecule has 0 bridgehead atoms. The molecule has 100 valence electrons. The molecule has 8 heteroatoms. The summed E-state index contributed by atoms with van der Waals surface area (Å²) in [6.45, 7) is 1.74. The second kappa shape index (κ2) is 5.17. The number of rotatable bonds is 3. The van der Waals surface area contributed by atoms with Crippen LogP contribution in [0.1, 0.15) is 15.4 Å². The van der Waals surface area contributed by atoms with E-state index in [1.54, 1.807) is 25.4 Å². The molecule has 0 aliphatic heterocycles. The number of carbonyl (C=O) groups is 1. The SMILES string of the molecule is Cc1nnsc1C(=O)Nc1cc(-c2ccncc2)[nH]n1. The first-order valence-electron chi connectivity index (χ1n) is 5.80. The van der Waals surface area contributed by atoms with Crippen LogP contribution >= 0.6 is 11.5 Å².